The topological polar surface area (TPSA) is 55.6 Å². The predicted molar refractivity (Wildman–Crippen MR) is 80.4 cm³/mol. The molecule has 4 heteroatoms. The summed E-state index contributed by atoms with van der Waals surface area (Å²) in [4.78, 5) is 15.0. The van der Waals surface area contributed by atoms with Gasteiger partial charge in [-0.3, -0.25) is 4.79 Å². The summed E-state index contributed by atoms with van der Waals surface area (Å²) in [6.45, 7) is 8.08. The van der Waals surface area contributed by atoms with Crippen LogP contribution in [0.15, 0.2) is 0 Å². The van der Waals surface area contributed by atoms with Crippen molar-refractivity contribution in [2.24, 2.45) is 16.6 Å². The van der Waals surface area contributed by atoms with Crippen LogP contribution in [0.4, 0.5) is 0 Å². The fourth-order valence-corrected chi connectivity index (χ4v) is 3.88. The molecule has 1 atom stereocenters. The van der Waals surface area contributed by atoms with Crippen LogP contribution in [-0.4, -0.2) is 43.7 Å². The number of ether oxygens (including phenoxy) is 1. The van der Waals surface area contributed by atoms with Crippen molar-refractivity contribution >= 4 is 5.91 Å². The van der Waals surface area contributed by atoms with E-state index < -0.39 is 0 Å². The molecule has 4 nitrogen and oxygen atoms in total. The molecule has 20 heavy (non-hydrogen) atoms. The lowest BCUT2D eigenvalue weighted by atomic mass is 9.74. The average molecular weight is 282 g/mol. The number of nitrogens with zero attached hydrogens (tertiary/aromatic N) is 1. The van der Waals surface area contributed by atoms with E-state index in [4.69, 9.17) is 10.5 Å². The van der Waals surface area contributed by atoms with Crippen molar-refractivity contribution in [3.63, 3.8) is 0 Å². The summed E-state index contributed by atoms with van der Waals surface area (Å²) in [5.41, 5.74) is 5.80. The zero-order valence-electron chi connectivity index (χ0n) is 13.1. The fourth-order valence-electron chi connectivity index (χ4n) is 3.88. The Morgan fingerprint density at radius 3 is 2.55 bits per heavy atom. The molecule has 0 aromatic rings. The molecule has 116 valence electrons. The summed E-state index contributed by atoms with van der Waals surface area (Å²) in [6, 6.07) is 0. The van der Waals surface area contributed by atoms with Crippen LogP contribution in [-0.2, 0) is 9.53 Å². The Morgan fingerprint density at radius 2 is 2.00 bits per heavy atom. The Morgan fingerprint density at radius 1 is 1.30 bits per heavy atom. The maximum absolute atomic E-state index is 12.9. The van der Waals surface area contributed by atoms with Gasteiger partial charge in [-0.2, -0.15) is 0 Å². The van der Waals surface area contributed by atoms with Gasteiger partial charge in [0, 0.05) is 31.7 Å². The molecule has 2 fully saturated rings. The van der Waals surface area contributed by atoms with E-state index in [0.29, 0.717) is 6.54 Å². The first-order valence-corrected chi connectivity index (χ1v) is 8.18. The van der Waals surface area contributed by atoms with Crippen molar-refractivity contribution in [2.45, 2.75) is 52.4 Å². The third-order valence-electron chi connectivity index (χ3n) is 5.55. The lowest BCUT2D eigenvalue weighted by Gasteiger charge is -2.47. The molecule has 2 rings (SSSR count). The minimum Gasteiger partial charge on any atom is -0.381 e. The zero-order valence-corrected chi connectivity index (χ0v) is 13.1. The number of piperidine rings is 1. The number of nitrogens with two attached hydrogens (primary N) is 1. The molecule has 0 aliphatic carbocycles. The lowest BCUT2D eigenvalue weighted by molar-refractivity contribution is -0.148. The summed E-state index contributed by atoms with van der Waals surface area (Å²) in [6.07, 6.45) is 6.29. The maximum atomic E-state index is 12.9. The highest BCUT2D eigenvalue weighted by molar-refractivity contribution is 5.83. The minimum absolute atomic E-state index is 0.216. The molecular weight excluding hydrogens is 252 g/mol. The number of hydrogen-bond acceptors (Lipinski definition) is 3. The second-order valence-corrected chi connectivity index (χ2v) is 6.68. The first kappa shape index (κ1) is 15.8. The smallest absolute Gasteiger partial charge is 0.230 e. The molecule has 0 radical (unpaired) electrons. The van der Waals surface area contributed by atoms with E-state index in [-0.39, 0.29) is 16.7 Å². The summed E-state index contributed by atoms with van der Waals surface area (Å²) in [5.74, 6) is 0.273. The Labute approximate surface area is 123 Å². The van der Waals surface area contributed by atoms with Crippen molar-refractivity contribution in [3.8, 4) is 0 Å². The Kier molecular flexibility index (Phi) is 5.08. The molecule has 1 amide bonds. The van der Waals surface area contributed by atoms with Crippen molar-refractivity contribution in [2.75, 3.05) is 32.8 Å². The van der Waals surface area contributed by atoms with Crippen LogP contribution in [0, 0.1) is 10.8 Å². The Bertz CT molecular complexity index is 320. The van der Waals surface area contributed by atoms with Gasteiger partial charge in [0.2, 0.25) is 5.91 Å². The van der Waals surface area contributed by atoms with E-state index in [2.05, 4.69) is 18.7 Å². The molecule has 0 bridgehead atoms. The van der Waals surface area contributed by atoms with Crippen LogP contribution in [0.25, 0.3) is 0 Å². The SMILES string of the molecule is CCC(CC)(CN)C(=O)N1CCCC2(CCCOC2)C1. The molecular formula is C16H30N2O2. The van der Waals surface area contributed by atoms with Crippen LogP contribution < -0.4 is 5.73 Å². The van der Waals surface area contributed by atoms with Crippen LogP contribution >= 0.6 is 0 Å². The summed E-state index contributed by atoms with van der Waals surface area (Å²) in [7, 11) is 0. The van der Waals surface area contributed by atoms with Gasteiger partial charge in [0.05, 0.1) is 12.0 Å². The molecule has 1 spiro atoms. The molecule has 2 N–H and O–H groups in total. The first-order chi connectivity index (χ1) is 9.61. The van der Waals surface area contributed by atoms with Crippen LogP contribution in [0.3, 0.4) is 0 Å². The number of carbonyl (C=O) groups is 1. The average Bonchev–Trinajstić information content (AvgIpc) is 2.50. The quantitative estimate of drug-likeness (QED) is 0.860. The monoisotopic (exact) mass is 282 g/mol. The second-order valence-electron chi connectivity index (χ2n) is 6.68. The third kappa shape index (κ3) is 2.86. The van der Waals surface area contributed by atoms with E-state index in [9.17, 15) is 4.79 Å². The van der Waals surface area contributed by atoms with Gasteiger partial charge in [0.1, 0.15) is 0 Å². The van der Waals surface area contributed by atoms with Gasteiger partial charge in [-0.25, -0.2) is 0 Å². The molecule has 0 aromatic heterocycles. The van der Waals surface area contributed by atoms with Crippen molar-refractivity contribution in [1.82, 2.24) is 4.90 Å². The van der Waals surface area contributed by atoms with E-state index in [1.165, 1.54) is 12.8 Å². The molecule has 0 aromatic carbocycles. The molecule has 2 saturated heterocycles. The number of likely N-dealkylation sites (tertiary alicyclic amines) is 1. The van der Waals surface area contributed by atoms with Crippen molar-refractivity contribution in [3.05, 3.63) is 0 Å². The molecule has 2 heterocycles. The van der Waals surface area contributed by atoms with Gasteiger partial charge in [0.15, 0.2) is 0 Å². The Hall–Kier alpha value is -0.610. The van der Waals surface area contributed by atoms with Crippen molar-refractivity contribution in [1.29, 1.82) is 0 Å². The summed E-state index contributed by atoms with van der Waals surface area (Å²) >= 11 is 0. The third-order valence-corrected chi connectivity index (χ3v) is 5.55. The number of rotatable bonds is 4. The van der Waals surface area contributed by atoms with Gasteiger partial charge in [-0.1, -0.05) is 13.8 Å². The zero-order chi connectivity index (χ0) is 14.6. The van der Waals surface area contributed by atoms with Gasteiger partial charge < -0.3 is 15.4 Å². The van der Waals surface area contributed by atoms with Crippen molar-refractivity contribution < 1.29 is 9.53 Å². The van der Waals surface area contributed by atoms with Gasteiger partial charge in [-0.05, 0) is 38.5 Å². The van der Waals surface area contributed by atoms with Crippen LogP contribution in [0.1, 0.15) is 52.4 Å². The van der Waals surface area contributed by atoms with Gasteiger partial charge >= 0.3 is 0 Å². The van der Waals surface area contributed by atoms with Gasteiger partial charge in [-0.15, -0.1) is 0 Å². The van der Waals surface area contributed by atoms with E-state index in [1.807, 2.05) is 0 Å². The molecule has 2 aliphatic rings. The van der Waals surface area contributed by atoms with Crippen LogP contribution in [0.2, 0.25) is 0 Å². The standard InChI is InChI=1S/C16H30N2O2/c1-3-16(4-2,11-17)14(19)18-9-5-7-15(12-18)8-6-10-20-13-15/h3-13,17H2,1-2H3. The molecule has 0 saturated carbocycles. The molecule has 2 aliphatic heterocycles. The predicted octanol–water partition coefficient (Wildman–Crippen LogP) is 2.17. The lowest BCUT2D eigenvalue weighted by Crippen LogP contribution is -2.55. The highest BCUT2D eigenvalue weighted by atomic mass is 16.5. The minimum atomic E-state index is -0.353. The Balaban J connectivity index is 2.09. The van der Waals surface area contributed by atoms with E-state index in [0.717, 1.165) is 52.0 Å². The first-order valence-electron chi connectivity index (χ1n) is 8.18. The number of amides is 1. The van der Waals surface area contributed by atoms with E-state index >= 15 is 0 Å². The summed E-state index contributed by atoms with van der Waals surface area (Å²) < 4.78 is 5.69. The highest BCUT2D eigenvalue weighted by Crippen LogP contribution is 2.39. The molecule has 1 unspecified atom stereocenters. The fraction of sp³-hybridized carbons (Fsp3) is 0.938. The normalized spacial score (nSPS) is 27.9. The number of hydrogen-bond donors (Lipinski definition) is 1. The largest absolute Gasteiger partial charge is 0.381 e. The van der Waals surface area contributed by atoms with E-state index in [1.54, 1.807) is 0 Å². The highest BCUT2D eigenvalue weighted by Gasteiger charge is 2.43. The van der Waals surface area contributed by atoms with Gasteiger partial charge in [0.25, 0.3) is 0 Å². The summed E-state index contributed by atoms with van der Waals surface area (Å²) in [5, 5.41) is 0. The second kappa shape index (κ2) is 6.44. The maximum Gasteiger partial charge on any atom is 0.230 e. The van der Waals surface area contributed by atoms with Crippen LogP contribution in [0.5, 0.6) is 0 Å². The number of carbonyl (C=O) groups excluding carboxylic acids is 1.